The van der Waals surface area contributed by atoms with E-state index in [1.54, 1.807) is 5.01 Å². The molecule has 1 aliphatic rings. The number of hydrogen-bond acceptors (Lipinski definition) is 5. The number of carbonyl (C=O) groups is 2. The van der Waals surface area contributed by atoms with Gasteiger partial charge in [0.25, 0.3) is 5.91 Å². The lowest BCUT2D eigenvalue weighted by molar-refractivity contribution is -0.118. The highest BCUT2D eigenvalue weighted by atomic mass is 16.2. The van der Waals surface area contributed by atoms with E-state index in [1.165, 1.54) is 6.92 Å². The first-order valence-corrected chi connectivity index (χ1v) is 9.03. The van der Waals surface area contributed by atoms with Crippen molar-refractivity contribution in [2.24, 2.45) is 5.10 Å². The van der Waals surface area contributed by atoms with Gasteiger partial charge in [0.15, 0.2) is 5.78 Å². The first-order chi connectivity index (χ1) is 13.1. The molecule has 2 aromatic carbocycles. The van der Waals surface area contributed by atoms with Crippen LogP contribution in [0.1, 0.15) is 13.3 Å². The summed E-state index contributed by atoms with van der Waals surface area (Å²) in [4.78, 5) is 26.6. The lowest BCUT2D eigenvalue weighted by Gasteiger charge is -2.20. The smallest absolute Gasteiger partial charge is 0.267 e. The first kappa shape index (κ1) is 18.6. The molecule has 6 nitrogen and oxygen atoms in total. The van der Waals surface area contributed by atoms with Crippen LogP contribution in [0.5, 0.6) is 0 Å². The molecule has 0 radical (unpaired) electrons. The van der Waals surface area contributed by atoms with Crippen LogP contribution in [-0.4, -0.2) is 43.6 Å². The monoisotopic (exact) mass is 364 g/mol. The number of amides is 1. The molecule has 27 heavy (non-hydrogen) atoms. The molecule has 140 valence electrons. The summed E-state index contributed by atoms with van der Waals surface area (Å²) in [5.74, 6) is -0.227. The number of carbonyl (C=O) groups excluding carboxylic acids is 2. The van der Waals surface area contributed by atoms with Gasteiger partial charge in [-0.05, 0) is 31.2 Å². The van der Waals surface area contributed by atoms with Gasteiger partial charge in [-0.3, -0.25) is 14.6 Å². The van der Waals surface area contributed by atoms with E-state index in [9.17, 15) is 9.59 Å². The van der Waals surface area contributed by atoms with Crippen LogP contribution in [0.25, 0.3) is 0 Å². The molecule has 0 spiro atoms. The van der Waals surface area contributed by atoms with Crippen molar-refractivity contribution in [1.29, 1.82) is 0 Å². The summed E-state index contributed by atoms with van der Waals surface area (Å²) < 4.78 is 0. The van der Waals surface area contributed by atoms with Gasteiger partial charge in [-0.25, -0.2) is 0 Å². The Labute approximate surface area is 159 Å². The SMILES string of the molecule is CC(=O)C1CC(C(=O)NCCN(C)c2ccccc2)=NN1c1ccccc1. The average molecular weight is 364 g/mol. The van der Waals surface area contributed by atoms with Gasteiger partial charge >= 0.3 is 0 Å². The normalized spacial score (nSPS) is 16.0. The molecule has 1 N–H and O–H groups in total. The second-order valence-electron chi connectivity index (χ2n) is 6.57. The minimum atomic E-state index is -0.430. The summed E-state index contributed by atoms with van der Waals surface area (Å²) in [6.07, 6.45) is 0.324. The molecule has 3 rings (SSSR count). The van der Waals surface area contributed by atoms with Crippen molar-refractivity contribution in [3.05, 3.63) is 60.7 Å². The third kappa shape index (κ3) is 4.53. The van der Waals surface area contributed by atoms with Gasteiger partial charge in [0.1, 0.15) is 11.8 Å². The van der Waals surface area contributed by atoms with E-state index < -0.39 is 6.04 Å². The van der Waals surface area contributed by atoms with Crippen LogP contribution < -0.4 is 15.2 Å². The molecule has 1 atom stereocenters. The van der Waals surface area contributed by atoms with Gasteiger partial charge in [-0.2, -0.15) is 5.10 Å². The molecular weight excluding hydrogens is 340 g/mol. The van der Waals surface area contributed by atoms with Gasteiger partial charge in [-0.1, -0.05) is 36.4 Å². The van der Waals surface area contributed by atoms with Gasteiger partial charge in [0.05, 0.1) is 5.69 Å². The highest BCUT2D eigenvalue weighted by Crippen LogP contribution is 2.24. The maximum Gasteiger partial charge on any atom is 0.267 e. The maximum absolute atomic E-state index is 12.5. The zero-order valence-electron chi connectivity index (χ0n) is 15.6. The first-order valence-electron chi connectivity index (χ1n) is 9.03. The summed E-state index contributed by atoms with van der Waals surface area (Å²) in [6.45, 7) is 2.71. The van der Waals surface area contributed by atoms with Crippen LogP contribution in [-0.2, 0) is 9.59 Å². The van der Waals surface area contributed by atoms with E-state index in [2.05, 4.69) is 15.3 Å². The minimum Gasteiger partial charge on any atom is -0.373 e. The Kier molecular flexibility index (Phi) is 5.86. The number of Topliss-reactive ketones (excluding diaryl/α,β-unsaturated/α-hetero) is 1. The quantitative estimate of drug-likeness (QED) is 0.820. The van der Waals surface area contributed by atoms with Crippen LogP contribution in [0, 0.1) is 0 Å². The molecule has 1 amide bonds. The van der Waals surface area contributed by atoms with Crippen molar-refractivity contribution in [2.75, 3.05) is 30.0 Å². The summed E-state index contributed by atoms with van der Waals surface area (Å²) in [5, 5.41) is 8.97. The number of anilines is 2. The van der Waals surface area contributed by atoms with Crippen LogP contribution in [0.4, 0.5) is 11.4 Å². The third-order valence-corrected chi connectivity index (χ3v) is 4.59. The predicted molar refractivity (Wildman–Crippen MR) is 108 cm³/mol. The fraction of sp³-hybridized carbons (Fsp3) is 0.286. The molecular formula is C21H24N4O2. The van der Waals surface area contributed by atoms with Crippen LogP contribution in [0.3, 0.4) is 0 Å². The van der Waals surface area contributed by atoms with Gasteiger partial charge < -0.3 is 10.2 Å². The molecule has 1 heterocycles. The molecule has 0 aromatic heterocycles. The Morgan fingerprint density at radius 2 is 1.74 bits per heavy atom. The van der Waals surface area contributed by atoms with E-state index in [1.807, 2.05) is 67.7 Å². The minimum absolute atomic E-state index is 0.00536. The number of benzene rings is 2. The Morgan fingerprint density at radius 1 is 1.11 bits per heavy atom. The fourth-order valence-corrected chi connectivity index (χ4v) is 3.03. The highest BCUT2D eigenvalue weighted by molar-refractivity contribution is 6.40. The number of para-hydroxylation sites is 2. The van der Waals surface area contributed by atoms with Gasteiger partial charge in [0, 0.05) is 32.2 Å². The molecule has 1 unspecified atom stereocenters. The molecule has 0 bridgehead atoms. The second kappa shape index (κ2) is 8.49. The zero-order chi connectivity index (χ0) is 19.2. The second-order valence-corrected chi connectivity index (χ2v) is 6.57. The third-order valence-electron chi connectivity index (χ3n) is 4.59. The topological polar surface area (TPSA) is 65.0 Å². The van der Waals surface area contributed by atoms with Crippen molar-refractivity contribution < 1.29 is 9.59 Å². The Balaban J connectivity index is 1.60. The molecule has 0 saturated heterocycles. The number of likely N-dealkylation sites (N-methyl/N-ethyl adjacent to an activating group) is 1. The number of nitrogens with one attached hydrogen (secondary N) is 1. The molecule has 0 saturated carbocycles. The highest BCUT2D eigenvalue weighted by Gasteiger charge is 2.33. The average Bonchev–Trinajstić information content (AvgIpc) is 3.15. The van der Waals surface area contributed by atoms with E-state index in [0.717, 1.165) is 11.4 Å². The molecule has 6 heteroatoms. The summed E-state index contributed by atoms with van der Waals surface area (Å²) >= 11 is 0. The largest absolute Gasteiger partial charge is 0.373 e. The number of nitrogens with zero attached hydrogens (tertiary/aromatic N) is 3. The Hall–Kier alpha value is -3.15. The van der Waals surface area contributed by atoms with Crippen LogP contribution in [0.15, 0.2) is 65.8 Å². The lowest BCUT2D eigenvalue weighted by Crippen LogP contribution is -2.37. The van der Waals surface area contributed by atoms with Crippen LogP contribution >= 0.6 is 0 Å². The number of rotatable bonds is 7. The molecule has 2 aromatic rings. The summed E-state index contributed by atoms with van der Waals surface area (Å²) in [7, 11) is 1.98. The number of hydrazone groups is 1. The van der Waals surface area contributed by atoms with E-state index in [0.29, 0.717) is 25.2 Å². The Bertz CT molecular complexity index is 821. The van der Waals surface area contributed by atoms with Crippen molar-refractivity contribution in [1.82, 2.24) is 5.32 Å². The fourth-order valence-electron chi connectivity index (χ4n) is 3.03. The zero-order valence-corrected chi connectivity index (χ0v) is 15.6. The molecule has 0 aliphatic carbocycles. The molecule has 1 aliphatic heterocycles. The standard InChI is InChI=1S/C21H24N4O2/c1-16(26)20-15-19(23-25(20)18-11-7-4-8-12-18)21(27)22-13-14-24(2)17-9-5-3-6-10-17/h3-12,20H,13-15H2,1-2H3,(H,22,27). The van der Waals surface area contributed by atoms with E-state index in [-0.39, 0.29) is 11.7 Å². The lowest BCUT2D eigenvalue weighted by atomic mass is 10.1. The molecule has 0 fully saturated rings. The van der Waals surface area contributed by atoms with Gasteiger partial charge in [-0.15, -0.1) is 0 Å². The predicted octanol–water partition coefficient (Wildman–Crippen LogP) is 2.46. The number of hydrogen-bond donors (Lipinski definition) is 1. The van der Waals surface area contributed by atoms with Crippen molar-refractivity contribution in [3.8, 4) is 0 Å². The maximum atomic E-state index is 12.5. The summed E-state index contributed by atoms with van der Waals surface area (Å²) in [6, 6.07) is 19.0. The van der Waals surface area contributed by atoms with Crippen molar-refractivity contribution in [3.63, 3.8) is 0 Å². The number of ketones is 1. The van der Waals surface area contributed by atoms with Crippen molar-refractivity contribution in [2.45, 2.75) is 19.4 Å². The van der Waals surface area contributed by atoms with Crippen molar-refractivity contribution >= 4 is 28.8 Å². The van der Waals surface area contributed by atoms with E-state index >= 15 is 0 Å². The van der Waals surface area contributed by atoms with Gasteiger partial charge in [0.2, 0.25) is 0 Å². The Morgan fingerprint density at radius 3 is 2.37 bits per heavy atom. The van der Waals surface area contributed by atoms with Crippen LogP contribution in [0.2, 0.25) is 0 Å². The van der Waals surface area contributed by atoms with E-state index in [4.69, 9.17) is 0 Å². The summed E-state index contributed by atoms with van der Waals surface area (Å²) in [5.41, 5.74) is 2.29.